The van der Waals surface area contributed by atoms with Crippen molar-refractivity contribution in [3.05, 3.63) is 229 Å². The number of phenolic OH excluding ortho intramolecular Hbond substituents is 1. The lowest BCUT2D eigenvalue weighted by molar-refractivity contribution is 0.475. The number of rotatable bonds is 9. The van der Waals surface area contributed by atoms with Crippen LogP contribution in [0.1, 0.15) is 77.6 Å². The van der Waals surface area contributed by atoms with E-state index in [1.165, 1.54) is 16.7 Å². The zero-order valence-corrected chi connectivity index (χ0v) is 40.9. The van der Waals surface area contributed by atoms with Crippen LogP contribution in [0.2, 0.25) is 0 Å². The smallest absolute Gasteiger partial charge is 0.149 e. The van der Waals surface area contributed by atoms with E-state index >= 15 is 0 Å². The molecule has 0 atom stereocenters. The minimum absolute atomic E-state index is 0.0748. The van der Waals surface area contributed by atoms with E-state index in [2.05, 4.69) is 248 Å². The maximum absolute atomic E-state index is 11.8. The minimum atomic E-state index is -0.156. The molecule has 1 N–H and O–H groups in total. The molecule has 2 aromatic heterocycles. The second kappa shape index (κ2) is 17.7. The van der Waals surface area contributed by atoms with Crippen LogP contribution in [-0.2, 0) is 16.2 Å². The van der Waals surface area contributed by atoms with Gasteiger partial charge in [-0.05, 0) is 127 Å². The summed E-state index contributed by atoms with van der Waals surface area (Å²) in [5.41, 5.74) is 18.5. The van der Waals surface area contributed by atoms with E-state index in [9.17, 15) is 5.11 Å². The maximum atomic E-state index is 11.8. The van der Waals surface area contributed by atoms with E-state index in [0.29, 0.717) is 11.4 Å². The van der Waals surface area contributed by atoms with Crippen molar-refractivity contribution in [1.82, 2.24) is 14.5 Å². The summed E-state index contributed by atoms with van der Waals surface area (Å²) >= 11 is 0. The fourth-order valence-corrected chi connectivity index (χ4v) is 9.58. The van der Waals surface area contributed by atoms with E-state index in [1.54, 1.807) is 0 Å². The molecule has 8 aromatic carbocycles. The first-order valence-electron chi connectivity index (χ1n) is 24.0. The van der Waals surface area contributed by atoms with Gasteiger partial charge < -0.3 is 5.11 Å². The molecule has 0 bridgehead atoms. The molecule has 4 heteroatoms. The van der Waals surface area contributed by atoms with E-state index in [0.717, 1.165) is 78.0 Å². The third-order valence-corrected chi connectivity index (χ3v) is 13.8. The molecule has 0 saturated heterocycles. The third kappa shape index (κ3) is 8.80. The second-order valence-corrected chi connectivity index (χ2v) is 20.9. The van der Waals surface area contributed by atoms with Crippen molar-refractivity contribution in [1.29, 1.82) is 0 Å². The molecular formula is C65H59N3O. The first-order chi connectivity index (χ1) is 33.1. The molecule has 0 spiro atoms. The lowest BCUT2D eigenvalue weighted by atomic mass is 9.78. The van der Waals surface area contributed by atoms with Crippen molar-refractivity contribution in [3.63, 3.8) is 0 Å². The Morgan fingerprint density at radius 3 is 1.61 bits per heavy atom. The van der Waals surface area contributed by atoms with E-state index in [1.807, 2.05) is 18.3 Å². The summed E-state index contributed by atoms with van der Waals surface area (Å²) in [6.45, 7) is 17.9. The van der Waals surface area contributed by atoms with Crippen LogP contribution in [0.25, 0.3) is 83.9 Å². The number of para-hydroxylation sites is 1. The Morgan fingerprint density at radius 1 is 0.391 bits per heavy atom. The molecule has 0 radical (unpaired) electrons. The van der Waals surface area contributed by atoms with Crippen molar-refractivity contribution in [2.45, 2.75) is 71.6 Å². The summed E-state index contributed by atoms with van der Waals surface area (Å²) < 4.78 is 2.26. The lowest BCUT2D eigenvalue weighted by Gasteiger charge is -2.26. The van der Waals surface area contributed by atoms with Crippen molar-refractivity contribution in [3.8, 4) is 78.6 Å². The minimum Gasteiger partial charge on any atom is -0.507 e. The van der Waals surface area contributed by atoms with Gasteiger partial charge in [0.15, 0.2) is 0 Å². The summed E-state index contributed by atoms with van der Waals surface area (Å²) in [5.74, 6) is 0.858. The molecule has 69 heavy (non-hydrogen) atoms. The van der Waals surface area contributed by atoms with Gasteiger partial charge in [-0.2, -0.15) is 0 Å². The first kappa shape index (κ1) is 45.0. The molecule has 340 valence electrons. The normalized spacial score (nSPS) is 12.1. The Bertz CT molecular complexity index is 3460. The number of nitrogens with zero attached hydrogens (tertiary/aromatic N) is 3. The van der Waals surface area contributed by atoms with Crippen LogP contribution in [-0.4, -0.2) is 19.6 Å². The van der Waals surface area contributed by atoms with Gasteiger partial charge >= 0.3 is 0 Å². The fraction of sp³-hybridized carbons (Fsp3) is 0.169. The number of aromatic nitrogens is 3. The SMILES string of the molecule is CC(C)(C)c1ccc(O)c(-c2nc3c(-c4cc(-c5ccccc5)cc(-c5cc(-c6ccc(C(C)(C)c7ccccc7)cc6)ccn5)c4)cccc3n2-c2ccc(C(C)(C)C)cc2-c2ccccc2)c1. The predicted molar refractivity (Wildman–Crippen MR) is 289 cm³/mol. The van der Waals surface area contributed by atoms with Gasteiger partial charge in [0.25, 0.3) is 0 Å². The number of aromatic hydroxyl groups is 1. The molecule has 10 rings (SSSR count). The van der Waals surface area contributed by atoms with Crippen molar-refractivity contribution >= 4 is 11.0 Å². The van der Waals surface area contributed by atoms with Gasteiger partial charge in [0.05, 0.1) is 28.0 Å². The van der Waals surface area contributed by atoms with Crippen LogP contribution in [0.3, 0.4) is 0 Å². The zero-order valence-electron chi connectivity index (χ0n) is 40.9. The van der Waals surface area contributed by atoms with Gasteiger partial charge in [-0.15, -0.1) is 0 Å². The summed E-state index contributed by atoms with van der Waals surface area (Å²) in [6, 6.07) is 71.1. The number of phenols is 1. The van der Waals surface area contributed by atoms with Gasteiger partial charge in [-0.3, -0.25) is 9.55 Å². The Labute approximate surface area is 407 Å². The van der Waals surface area contributed by atoms with Crippen molar-refractivity contribution < 1.29 is 5.11 Å². The Morgan fingerprint density at radius 2 is 0.942 bits per heavy atom. The number of pyridine rings is 1. The molecule has 0 aliphatic rings. The largest absolute Gasteiger partial charge is 0.507 e. The van der Waals surface area contributed by atoms with Gasteiger partial charge in [-0.25, -0.2) is 4.98 Å². The zero-order chi connectivity index (χ0) is 48.1. The summed E-state index contributed by atoms with van der Waals surface area (Å²) in [7, 11) is 0. The molecule has 0 aliphatic carbocycles. The highest BCUT2D eigenvalue weighted by Crippen LogP contribution is 2.44. The van der Waals surface area contributed by atoms with Gasteiger partial charge in [-0.1, -0.05) is 195 Å². The van der Waals surface area contributed by atoms with Crippen LogP contribution in [0.15, 0.2) is 206 Å². The van der Waals surface area contributed by atoms with Crippen LogP contribution in [0.5, 0.6) is 5.75 Å². The van der Waals surface area contributed by atoms with E-state index < -0.39 is 0 Å². The average Bonchev–Trinajstić information content (AvgIpc) is 3.76. The van der Waals surface area contributed by atoms with Crippen molar-refractivity contribution in [2.75, 3.05) is 0 Å². The number of benzene rings is 8. The highest BCUT2D eigenvalue weighted by atomic mass is 16.3. The second-order valence-electron chi connectivity index (χ2n) is 20.9. The molecule has 10 aromatic rings. The van der Waals surface area contributed by atoms with Crippen LogP contribution >= 0.6 is 0 Å². The van der Waals surface area contributed by atoms with Gasteiger partial charge in [0.2, 0.25) is 0 Å². The first-order valence-corrected chi connectivity index (χ1v) is 24.0. The fourth-order valence-electron chi connectivity index (χ4n) is 9.58. The number of imidazole rings is 1. The predicted octanol–water partition coefficient (Wildman–Crippen LogP) is 17.0. The molecule has 0 aliphatic heterocycles. The highest BCUT2D eigenvalue weighted by Gasteiger charge is 2.26. The average molecular weight is 898 g/mol. The molecule has 0 fully saturated rings. The summed E-state index contributed by atoms with van der Waals surface area (Å²) in [6.07, 6.45) is 1.92. The molecule has 0 amide bonds. The third-order valence-electron chi connectivity index (χ3n) is 13.8. The molecule has 0 unspecified atom stereocenters. The van der Waals surface area contributed by atoms with Gasteiger partial charge in [0, 0.05) is 28.3 Å². The quantitative estimate of drug-likeness (QED) is 0.157. The highest BCUT2D eigenvalue weighted by molar-refractivity contribution is 5.98. The van der Waals surface area contributed by atoms with Crippen molar-refractivity contribution in [2.24, 2.45) is 0 Å². The molecule has 4 nitrogen and oxygen atoms in total. The standard InChI is InChI=1S/C65H59N3O/c1-63(2,3)52-31-33-58(55(41-52)45-21-14-10-15-22-45)68-59-26-18-25-54(61(59)67-62(68)56-42-53(64(4,5)6)32-34-60(56)69)48-37-47(43-19-12-9-13-20-43)38-49(39-48)57-40-46(35-36-66-57)44-27-29-51(30-28-44)65(7,8)50-23-16-11-17-24-50/h9-42,69H,1-8H3. The number of fused-ring (bicyclic) bond motifs is 1. The molecule has 2 heterocycles. The summed E-state index contributed by atoms with van der Waals surface area (Å²) in [4.78, 5) is 10.6. The molecule has 0 saturated carbocycles. The van der Waals surface area contributed by atoms with E-state index in [-0.39, 0.29) is 22.0 Å². The maximum Gasteiger partial charge on any atom is 0.149 e. The Hall–Kier alpha value is -7.82. The lowest BCUT2D eigenvalue weighted by Crippen LogP contribution is -2.18. The Kier molecular flexibility index (Phi) is 11.5. The monoisotopic (exact) mass is 897 g/mol. The van der Waals surface area contributed by atoms with Gasteiger partial charge in [0.1, 0.15) is 11.6 Å². The topological polar surface area (TPSA) is 50.9 Å². The summed E-state index contributed by atoms with van der Waals surface area (Å²) in [5, 5.41) is 11.8. The number of hydrogen-bond acceptors (Lipinski definition) is 3. The molecular weight excluding hydrogens is 839 g/mol. The van der Waals surface area contributed by atoms with Crippen LogP contribution < -0.4 is 0 Å². The Balaban J connectivity index is 1.17. The van der Waals surface area contributed by atoms with Crippen LogP contribution in [0, 0.1) is 0 Å². The number of hydrogen-bond donors (Lipinski definition) is 1. The van der Waals surface area contributed by atoms with Crippen LogP contribution in [0.4, 0.5) is 0 Å². The van der Waals surface area contributed by atoms with E-state index in [4.69, 9.17) is 9.97 Å².